The summed E-state index contributed by atoms with van der Waals surface area (Å²) in [6.45, 7) is 0.589. The maximum atomic E-state index is 12.8. The van der Waals surface area contributed by atoms with Crippen molar-refractivity contribution in [2.45, 2.75) is 13.1 Å². The van der Waals surface area contributed by atoms with Crippen molar-refractivity contribution >= 4 is 21.8 Å². The highest BCUT2D eigenvalue weighted by molar-refractivity contribution is 7.86. The zero-order valence-electron chi connectivity index (χ0n) is 15.2. The van der Waals surface area contributed by atoms with Crippen LogP contribution in [0.4, 0.5) is 10.5 Å². The Balaban J connectivity index is 1.74. The molecule has 0 atom stereocenters. The Labute approximate surface area is 163 Å². The second-order valence-corrected chi connectivity index (χ2v) is 7.74. The Kier molecular flexibility index (Phi) is 6.00. The van der Waals surface area contributed by atoms with E-state index in [0.717, 1.165) is 11.8 Å². The molecule has 1 aromatic heterocycles. The minimum Gasteiger partial charge on any atom is -0.467 e. The fourth-order valence-corrected chi connectivity index (χ4v) is 3.02. The van der Waals surface area contributed by atoms with Gasteiger partial charge in [0.2, 0.25) is 0 Å². The van der Waals surface area contributed by atoms with Gasteiger partial charge in [0.25, 0.3) is 0 Å². The molecule has 0 saturated carbocycles. The van der Waals surface area contributed by atoms with Gasteiger partial charge in [-0.3, -0.25) is 0 Å². The number of nitrogens with zero attached hydrogens (tertiary/aromatic N) is 1. The van der Waals surface area contributed by atoms with Crippen molar-refractivity contribution in [3.05, 3.63) is 84.3 Å². The lowest BCUT2D eigenvalue weighted by Gasteiger charge is -2.22. The number of hydrogen-bond acceptors (Lipinski definition) is 5. The largest absolute Gasteiger partial charge is 0.467 e. The quantitative estimate of drug-likeness (QED) is 0.609. The Morgan fingerprint density at radius 3 is 2.32 bits per heavy atom. The molecule has 0 aliphatic rings. The van der Waals surface area contributed by atoms with E-state index in [-0.39, 0.29) is 18.3 Å². The van der Waals surface area contributed by atoms with Crippen LogP contribution < -0.4 is 9.50 Å². The first-order valence-electron chi connectivity index (χ1n) is 8.51. The Bertz CT molecular complexity index is 1000. The van der Waals surface area contributed by atoms with Gasteiger partial charge in [0.05, 0.1) is 19.1 Å². The summed E-state index contributed by atoms with van der Waals surface area (Å²) in [4.78, 5) is 14.4. The fourth-order valence-electron chi connectivity index (χ4n) is 2.56. The average molecular weight is 400 g/mol. The lowest BCUT2D eigenvalue weighted by Crippen LogP contribution is -2.33. The molecule has 146 valence electrons. The molecule has 0 aliphatic carbocycles. The van der Waals surface area contributed by atoms with Crippen molar-refractivity contribution in [3.8, 4) is 5.75 Å². The summed E-state index contributed by atoms with van der Waals surface area (Å²) < 4.78 is 32.6. The molecular weight excluding hydrogens is 380 g/mol. The number of hydrogen-bond donors (Lipinski definition) is 1. The number of nitrogens with one attached hydrogen (secondary N) is 1. The van der Waals surface area contributed by atoms with Gasteiger partial charge in [0, 0.05) is 12.2 Å². The first kappa shape index (κ1) is 19.5. The summed E-state index contributed by atoms with van der Waals surface area (Å²) in [5, 5.41) is 2.86. The minimum absolute atomic E-state index is 0.220. The topological polar surface area (TPSA) is 88.9 Å². The smallest absolute Gasteiger partial charge is 0.322 e. The van der Waals surface area contributed by atoms with E-state index in [1.807, 2.05) is 18.2 Å². The van der Waals surface area contributed by atoms with Crippen LogP contribution in [0.3, 0.4) is 0 Å². The van der Waals surface area contributed by atoms with Crippen molar-refractivity contribution in [2.24, 2.45) is 0 Å². The lowest BCUT2D eigenvalue weighted by atomic mass is 10.2. The van der Waals surface area contributed by atoms with Crippen molar-refractivity contribution in [1.82, 2.24) is 4.90 Å². The molecule has 28 heavy (non-hydrogen) atoms. The number of anilines is 1. The molecule has 1 N–H and O–H groups in total. The Morgan fingerprint density at radius 2 is 1.71 bits per heavy atom. The Morgan fingerprint density at radius 1 is 1.00 bits per heavy atom. The fraction of sp³-hybridized carbons (Fsp3) is 0.150. The van der Waals surface area contributed by atoms with Crippen LogP contribution in [0.15, 0.2) is 77.4 Å². The van der Waals surface area contributed by atoms with Crippen molar-refractivity contribution in [1.29, 1.82) is 0 Å². The molecule has 2 aromatic carbocycles. The zero-order valence-corrected chi connectivity index (χ0v) is 16.1. The monoisotopic (exact) mass is 400 g/mol. The highest BCUT2D eigenvalue weighted by Crippen LogP contribution is 2.18. The van der Waals surface area contributed by atoms with Gasteiger partial charge in [-0.25, -0.2) is 4.79 Å². The second kappa shape index (κ2) is 8.62. The number of para-hydroxylation sites is 1. The third kappa shape index (κ3) is 5.88. The number of carbonyl (C=O) groups is 1. The average Bonchev–Trinajstić information content (AvgIpc) is 3.15. The molecule has 1 heterocycles. The maximum absolute atomic E-state index is 12.8. The molecule has 0 bridgehead atoms. The van der Waals surface area contributed by atoms with E-state index < -0.39 is 10.1 Å². The van der Waals surface area contributed by atoms with Gasteiger partial charge >= 0.3 is 16.1 Å². The molecule has 0 fully saturated rings. The number of furan rings is 1. The maximum Gasteiger partial charge on any atom is 0.322 e. The summed E-state index contributed by atoms with van der Waals surface area (Å²) >= 11 is 0. The van der Waals surface area contributed by atoms with E-state index in [1.165, 1.54) is 0 Å². The molecule has 0 radical (unpaired) electrons. The van der Waals surface area contributed by atoms with Crippen LogP contribution in [0.25, 0.3) is 0 Å². The van der Waals surface area contributed by atoms with Gasteiger partial charge in [0.15, 0.2) is 0 Å². The summed E-state index contributed by atoms with van der Waals surface area (Å²) in [7, 11) is -3.58. The summed E-state index contributed by atoms with van der Waals surface area (Å²) in [5.74, 6) is 0.873. The van der Waals surface area contributed by atoms with Crippen molar-refractivity contribution in [3.63, 3.8) is 0 Å². The number of rotatable bonds is 7. The van der Waals surface area contributed by atoms with Crippen LogP contribution in [0.5, 0.6) is 5.75 Å². The third-order valence-corrected chi connectivity index (χ3v) is 4.28. The molecule has 2 amide bonds. The summed E-state index contributed by atoms with van der Waals surface area (Å²) in [6.07, 6.45) is 2.54. The number of benzene rings is 2. The van der Waals surface area contributed by atoms with Crippen LogP contribution in [0.1, 0.15) is 11.3 Å². The highest BCUT2D eigenvalue weighted by atomic mass is 32.2. The standard InChI is InChI=1S/C20H20N2O5S/c1-28(24,25)27-18-11-9-16(10-12-18)14-22(15-19-8-5-13-26-19)20(23)21-17-6-3-2-4-7-17/h2-13H,14-15H2,1H3,(H,21,23). The Hall–Kier alpha value is -3.26. The van der Waals surface area contributed by atoms with Gasteiger partial charge in [-0.05, 0) is 42.0 Å². The molecule has 3 rings (SSSR count). The predicted octanol–water partition coefficient (Wildman–Crippen LogP) is 3.85. The summed E-state index contributed by atoms with van der Waals surface area (Å²) in [6, 6.07) is 19.0. The van der Waals surface area contributed by atoms with E-state index in [2.05, 4.69) is 5.32 Å². The molecule has 8 heteroatoms. The minimum atomic E-state index is -3.58. The molecule has 0 aliphatic heterocycles. The SMILES string of the molecule is CS(=O)(=O)Oc1ccc(CN(Cc2ccco2)C(=O)Nc2ccccc2)cc1. The van der Waals surface area contributed by atoms with Gasteiger partial charge < -0.3 is 18.8 Å². The van der Waals surface area contributed by atoms with Gasteiger partial charge in [0.1, 0.15) is 11.5 Å². The zero-order chi connectivity index (χ0) is 20.0. The summed E-state index contributed by atoms with van der Waals surface area (Å²) in [5.41, 5.74) is 1.50. The first-order valence-corrected chi connectivity index (χ1v) is 10.3. The number of carbonyl (C=O) groups excluding carboxylic acids is 1. The van der Waals surface area contributed by atoms with E-state index >= 15 is 0 Å². The van der Waals surface area contributed by atoms with Crippen molar-refractivity contribution in [2.75, 3.05) is 11.6 Å². The van der Waals surface area contributed by atoms with Crippen molar-refractivity contribution < 1.29 is 21.8 Å². The molecular formula is C20H20N2O5S. The van der Waals surface area contributed by atoms with Gasteiger partial charge in [-0.1, -0.05) is 30.3 Å². The first-order chi connectivity index (χ1) is 13.4. The number of urea groups is 1. The van der Waals surface area contributed by atoms with E-state index in [1.54, 1.807) is 59.7 Å². The molecule has 3 aromatic rings. The molecule has 0 saturated heterocycles. The molecule has 7 nitrogen and oxygen atoms in total. The highest BCUT2D eigenvalue weighted by Gasteiger charge is 2.16. The predicted molar refractivity (Wildman–Crippen MR) is 105 cm³/mol. The lowest BCUT2D eigenvalue weighted by molar-refractivity contribution is 0.201. The molecule has 0 spiro atoms. The van der Waals surface area contributed by atoms with Crippen LogP contribution in [-0.2, 0) is 23.2 Å². The van der Waals surface area contributed by atoms with E-state index in [9.17, 15) is 13.2 Å². The van der Waals surface area contributed by atoms with E-state index in [0.29, 0.717) is 18.0 Å². The van der Waals surface area contributed by atoms with Crippen LogP contribution in [0.2, 0.25) is 0 Å². The number of amides is 2. The van der Waals surface area contributed by atoms with Gasteiger partial charge in [-0.2, -0.15) is 8.42 Å². The second-order valence-electron chi connectivity index (χ2n) is 6.16. The van der Waals surface area contributed by atoms with Crippen LogP contribution >= 0.6 is 0 Å². The van der Waals surface area contributed by atoms with Gasteiger partial charge in [-0.15, -0.1) is 0 Å². The molecule has 0 unspecified atom stereocenters. The van der Waals surface area contributed by atoms with E-state index in [4.69, 9.17) is 8.60 Å². The van der Waals surface area contributed by atoms with Crippen LogP contribution in [-0.4, -0.2) is 25.6 Å². The normalized spacial score (nSPS) is 11.0. The van der Waals surface area contributed by atoms with Crippen LogP contribution in [0, 0.1) is 0 Å². The third-order valence-electron chi connectivity index (χ3n) is 3.78.